The molecule has 2 aromatic heterocycles. The molecule has 0 aliphatic carbocycles. The van der Waals surface area contributed by atoms with E-state index in [1.54, 1.807) is 23.5 Å². The van der Waals surface area contributed by atoms with E-state index in [4.69, 9.17) is 11.6 Å². The predicted molar refractivity (Wildman–Crippen MR) is 69.5 cm³/mol. The highest BCUT2D eigenvalue weighted by Crippen LogP contribution is 2.13. The maximum absolute atomic E-state index is 11.8. The van der Waals surface area contributed by atoms with Gasteiger partial charge in [-0.2, -0.15) is 11.3 Å². The molecule has 1 N–H and O–H groups in total. The van der Waals surface area contributed by atoms with Crippen molar-refractivity contribution in [3.63, 3.8) is 0 Å². The van der Waals surface area contributed by atoms with Gasteiger partial charge >= 0.3 is 0 Å². The summed E-state index contributed by atoms with van der Waals surface area (Å²) in [4.78, 5) is 15.7. The number of amides is 1. The lowest BCUT2D eigenvalue weighted by atomic mass is 10.2. The summed E-state index contributed by atoms with van der Waals surface area (Å²) in [6.07, 6.45) is 1.52. The molecule has 0 spiro atoms. The second-order valence-electron chi connectivity index (χ2n) is 3.62. The van der Waals surface area contributed by atoms with Crippen molar-refractivity contribution in [2.24, 2.45) is 0 Å². The van der Waals surface area contributed by atoms with Gasteiger partial charge in [0.15, 0.2) is 0 Å². The number of nitrogens with zero attached hydrogens (tertiary/aromatic N) is 1. The molecule has 2 heterocycles. The van der Waals surface area contributed by atoms with Gasteiger partial charge in [0.2, 0.25) is 0 Å². The van der Waals surface area contributed by atoms with Crippen LogP contribution in [0, 0.1) is 6.92 Å². The first-order valence-electron chi connectivity index (χ1n) is 5.08. The van der Waals surface area contributed by atoms with Crippen LogP contribution in [0.1, 0.15) is 21.6 Å². The van der Waals surface area contributed by atoms with E-state index in [-0.39, 0.29) is 5.91 Å². The van der Waals surface area contributed by atoms with Gasteiger partial charge in [-0.1, -0.05) is 11.6 Å². The first-order valence-corrected chi connectivity index (χ1v) is 6.40. The second kappa shape index (κ2) is 5.29. The third-order valence-electron chi connectivity index (χ3n) is 2.36. The van der Waals surface area contributed by atoms with E-state index < -0.39 is 0 Å². The van der Waals surface area contributed by atoms with Crippen LogP contribution < -0.4 is 5.32 Å². The Bertz CT molecular complexity index is 539. The number of aryl methyl sites for hydroxylation is 1. The highest BCUT2D eigenvalue weighted by molar-refractivity contribution is 7.08. The van der Waals surface area contributed by atoms with Crippen molar-refractivity contribution in [3.8, 4) is 0 Å². The zero-order valence-corrected chi connectivity index (χ0v) is 10.8. The highest BCUT2D eigenvalue weighted by Gasteiger charge is 2.08. The highest BCUT2D eigenvalue weighted by atomic mass is 35.5. The van der Waals surface area contributed by atoms with Crippen LogP contribution in [0.4, 0.5) is 0 Å². The Labute approximate surface area is 108 Å². The quantitative estimate of drug-likeness (QED) is 0.928. The van der Waals surface area contributed by atoms with E-state index in [1.807, 2.05) is 12.3 Å². The zero-order chi connectivity index (χ0) is 12.3. The predicted octanol–water partition coefficient (Wildman–Crippen LogP) is 3.03. The molecule has 2 rings (SSSR count). The molecule has 1 amide bonds. The second-order valence-corrected chi connectivity index (χ2v) is 4.80. The van der Waals surface area contributed by atoms with Crippen molar-refractivity contribution < 1.29 is 4.79 Å². The zero-order valence-electron chi connectivity index (χ0n) is 9.24. The molecule has 0 saturated carbocycles. The molecule has 0 atom stereocenters. The number of carbonyl (C=O) groups is 1. The van der Waals surface area contributed by atoms with Crippen molar-refractivity contribution >= 4 is 28.8 Å². The molecule has 0 bridgehead atoms. The molecule has 5 heteroatoms. The smallest absolute Gasteiger partial charge is 0.270 e. The first kappa shape index (κ1) is 12.1. The van der Waals surface area contributed by atoms with E-state index in [0.717, 1.165) is 5.56 Å². The molecule has 0 fully saturated rings. The van der Waals surface area contributed by atoms with Gasteiger partial charge < -0.3 is 5.32 Å². The van der Waals surface area contributed by atoms with Gasteiger partial charge in [0.25, 0.3) is 5.91 Å². The fourth-order valence-corrected chi connectivity index (χ4v) is 2.38. The molecule has 17 heavy (non-hydrogen) atoms. The van der Waals surface area contributed by atoms with Crippen LogP contribution in [-0.4, -0.2) is 10.9 Å². The topological polar surface area (TPSA) is 42.0 Å². The maximum Gasteiger partial charge on any atom is 0.270 e. The summed E-state index contributed by atoms with van der Waals surface area (Å²) in [6, 6.07) is 3.19. The number of halogens is 1. The monoisotopic (exact) mass is 266 g/mol. The van der Waals surface area contributed by atoms with Crippen LogP contribution >= 0.6 is 22.9 Å². The Hall–Kier alpha value is -1.39. The molecule has 0 aromatic carbocycles. The molecule has 88 valence electrons. The summed E-state index contributed by atoms with van der Waals surface area (Å²) >= 11 is 7.42. The molecule has 2 aromatic rings. The number of hydrogen-bond donors (Lipinski definition) is 1. The molecule has 0 saturated heterocycles. The summed E-state index contributed by atoms with van der Waals surface area (Å²) in [5.41, 5.74) is 2.66. The first-order chi connectivity index (χ1) is 8.16. The summed E-state index contributed by atoms with van der Waals surface area (Å²) in [5.74, 6) is -0.210. The lowest BCUT2D eigenvalue weighted by Crippen LogP contribution is -2.23. The SMILES string of the molecule is Cc1cscc1CNC(=O)c1cc(Cl)ccn1. The summed E-state index contributed by atoms with van der Waals surface area (Å²) in [6.45, 7) is 2.54. The Morgan fingerprint density at radius 2 is 2.35 bits per heavy atom. The lowest BCUT2D eigenvalue weighted by molar-refractivity contribution is 0.0946. The largest absolute Gasteiger partial charge is 0.347 e. The van der Waals surface area contributed by atoms with Crippen LogP contribution in [0.2, 0.25) is 5.02 Å². The maximum atomic E-state index is 11.8. The van der Waals surface area contributed by atoms with Crippen molar-refractivity contribution in [2.75, 3.05) is 0 Å². The molecule has 0 radical (unpaired) electrons. The molecule has 3 nitrogen and oxygen atoms in total. The molecule has 0 aliphatic heterocycles. The van der Waals surface area contributed by atoms with Gasteiger partial charge in [-0.25, -0.2) is 0 Å². The van der Waals surface area contributed by atoms with Gasteiger partial charge in [0.05, 0.1) is 0 Å². The number of aromatic nitrogens is 1. The van der Waals surface area contributed by atoms with Gasteiger partial charge in [-0.15, -0.1) is 0 Å². The van der Waals surface area contributed by atoms with Gasteiger partial charge in [0, 0.05) is 17.8 Å². The molecular formula is C12H11ClN2OS. The van der Waals surface area contributed by atoms with Crippen LogP contribution in [-0.2, 0) is 6.54 Å². The number of nitrogens with one attached hydrogen (secondary N) is 1. The molecular weight excluding hydrogens is 256 g/mol. The minimum absolute atomic E-state index is 0.210. The Morgan fingerprint density at radius 3 is 3.00 bits per heavy atom. The van der Waals surface area contributed by atoms with Crippen molar-refractivity contribution in [2.45, 2.75) is 13.5 Å². The van der Waals surface area contributed by atoms with Gasteiger partial charge in [0.1, 0.15) is 5.69 Å². The van der Waals surface area contributed by atoms with E-state index in [1.165, 1.54) is 11.8 Å². The third kappa shape index (κ3) is 3.05. The number of pyridine rings is 1. The third-order valence-corrected chi connectivity index (χ3v) is 3.50. The van der Waals surface area contributed by atoms with E-state index >= 15 is 0 Å². The van der Waals surface area contributed by atoms with Crippen molar-refractivity contribution in [3.05, 3.63) is 50.9 Å². The van der Waals surface area contributed by atoms with Crippen LogP contribution in [0.3, 0.4) is 0 Å². The van der Waals surface area contributed by atoms with Gasteiger partial charge in [-0.05, 0) is 40.9 Å². The minimum atomic E-state index is -0.210. The molecule has 0 unspecified atom stereocenters. The van der Waals surface area contributed by atoms with E-state index in [2.05, 4.69) is 15.7 Å². The summed E-state index contributed by atoms with van der Waals surface area (Å²) < 4.78 is 0. The Balaban J connectivity index is 2.01. The molecule has 0 aliphatic rings. The van der Waals surface area contributed by atoms with Crippen LogP contribution in [0.15, 0.2) is 29.1 Å². The van der Waals surface area contributed by atoms with E-state index in [9.17, 15) is 4.79 Å². The standard InChI is InChI=1S/C12H11ClN2OS/c1-8-6-17-7-9(8)5-15-12(16)11-4-10(13)2-3-14-11/h2-4,6-7H,5H2,1H3,(H,15,16). The summed E-state index contributed by atoms with van der Waals surface area (Å²) in [7, 11) is 0. The number of carbonyl (C=O) groups excluding carboxylic acids is 1. The Morgan fingerprint density at radius 1 is 1.53 bits per heavy atom. The van der Waals surface area contributed by atoms with Crippen LogP contribution in [0.25, 0.3) is 0 Å². The minimum Gasteiger partial charge on any atom is -0.347 e. The summed E-state index contributed by atoms with van der Waals surface area (Å²) in [5, 5.41) is 7.41. The van der Waals surface area contributed by atoms with Gasteiger partial charge in [-0.3, -0.25) is 9.78 Å². The average molecular weight is 267 g/mol. The fourth-order valence-electron chi connectivity index (χ4n) is 1.36. The van der Waals surface area contributed by atoms with E-state index in [0.29, 0.717) is 17.3 Å². The van der Waals surface area contributed by atoms with Crippen molar-refractivity contribution in [1.82, 2.24) is 10.3 Å². The number of hydrogen-bond acceptors (Lipinski definition) is 3. The number of thiophene rings is 1. The van der Waals surface area contributed by atoms with Crippen molar-refractivity contribution in [1.29, 1.82) is 0 Å². The Kier molecular flexibility index (Phi) is 3.76. The lowest BCUT2D eigenvalue weighted by Gasteiger charge is -2.04. The normalized spacial score (nSPS) is 10.2. The number of rotatable bonds is 3. The average Bonchev–Trinajstić information content (AvgIpc) is 2.72. The van der Waals surface area contributed by atoms with Crippen LogP contribution in [0.5, 0.6) is 0 Å². The fraction of sp³-hybridized carbons (Fsp3) is 0.167.